The molecule has 4 heteroatoms. The summed E-state index contributed by atoms with van der Waals surface area (Å²) in [6.07, 6.45) is 0.200. The average molecular weight is 148 g/mol. The molecule has 0 bridgehead atoms. The minimum Gasteiger partial charge on any atom is -0.480 e. The molecule has 0 aromatic carbocycles. The van der Waals surface area contributed by atoms with Crippen LogP contribution in [0.1, 0.15) is 0 Å². The van der Waals surface area contributed by atoms with Gasteiger partial charge in [0, 0.05) is 11.5 Å². The number of hydrogen-bond acceptors (Lipinski definition) is 3. The molecule has 0 aromatic heterocycles. The van der Waals surface area contributed by atoms with Crippen molar-refractivity contribution in [1.29, 1.82) is 0 Å². The second-order valence-corrected chi connectivity index (χ2v) is 2.94. The first-order valence-electron chi connectivity index (χ1n) is 2.70. The summed E-state index contributed by atoms with van der Waals surface area (Å²) in [4.78, 5) is 9.91. The third-order valence-corrected chi connectivity index (χ3v) is 2.26. The highest BCUT2D eigenvalue weighted by Crippen LogP contribution is 2.20. The van der Waals surface area contributed by atoms with Gasteiger partial charge >= 0.3 is 5.97 Å². The van der Waals surface area contributed by atoms with Gasteiger partial charge in [-0.1, -0.05) is 0 Å². The molecule has 0 spiro atoms. The van der Waals surface area contributed by atoms with Crippen molar-refractivity contribution in [3.63, 3.8) is 0 Å². The van der Waals surface area contributed by atoms with Crippen molar-refractivity contribution in [3.05, 3.63) is 0 Å². The maximum Gasteiger partial charge on any atom is 0.329 e. The van der Waals surface area contributed by atoms with Gasteiger partial charge in [0.15, 0.2) is 0 Å². The number of carboxylic acids is 1. The van der Waals surface area contributed by atoms with Gasteiger partial charge in [0.05, 0.1) is 6.10 Å². The summed E-state index contributed by atoms with van der Waals surface area (Å²) in [7, 11) is 0. The number of ether oxygens (including phenoxy) is 1. The molecule has 0 atom stereocenters. The third kappa shape index (κ3) is 2.24. The zero-order chi connectivity index (χ0) is 6.69. The Balaban J connectivity index is 1.97. The first-order valence-corrected chi connectivity index (χ1v) is 3.85. The molecule has 1 fully saturated rings. The van der Waals surface area contributed by atoms with Gasteiger partial charge in [0.25, 0.3) is 0 Å². The maximum absolute atomic E-state index is 9.91. The van der Waals surface area contributed by atoms with Crippen LogP contribution in [-0.4, -0.2) is 35.3 Å². The first kappa shape index (κ1) is 6.89. The van der Waals surface area contributed by atoms with Crippen molar-refractivity contribution >= 4 is 17.7 Å². The largest absolute Gasteiger partial charge is 0.480 e. The van der Waals surface area contributed by atoms with Crippen LogP contribution >= 0.6 is 11.8 Å². The van der Waals surface area contributed by atoms with Gasteiger partial charge in [0.1, 0.15) is 6.61 Å². The highest BCUT2D eigenvalue weighted by atomic mass is 32.2. The molecule has 1 aliphatic rings. The molecule has 0 radical (unpaired) electrons. The van der Waals surface area contributed by atoms with Crippen LogP contribution in [0.2, 0.25) is 0 Å². The fourth-order valence-corrected chi connectivity index (χ4v) is 1.12. The molecule has 3 nitrogen and oxygen atoms in total. The second kappa shape index (κ2) is 3.08. The van der Waals surface area contributed by atoms with E-state index in [1.54, 1.807) is 11.8 Å². The van der Waals surface area contributed by atoms with Crippen molar-refractivity contribution in [1.82, 2.24) is 0 Å². The van der Waals surface area contributed by atoms with Crippen LogP contribution in [0.3, 0.4) is 0 Å². The van der Waals surface area contributed by atoms with E-state index in [4.69, 9.17) is 9.84 Å². The number of hydrogen-bond donors (Lipinski definition) is 1. The van der Waals surface area contributed by atoms with Gasteiger partial charge in [-0.05, 0) is 0 Å². The number of carbonyl (C=O) groups is 1. The molecule has 0 amide bonds. The molecule has 9 heavy (non-hydrogen) atoms. The molecule has 0 aliphatic carbocycles. The smallest absolute Gasteiger partial charge is 0.329 e. The lowest BCUT2D eigenvalue weighted by atomic mass is 10.4. The van der Waals surface area contributed by atoms with Crippen LogP contribution in [0, 0.1) is 0 Å². The molecule has 52 valence electrons. The Bertz CT molecular complexity index is 111. The maximum atomic E-state index is 9.91. The van der Waals surface area contributed by atoms with Gasteiger partial charge in [-0.2, -0.15) is 11.8 Å². The lowest BCUT2D eigenvalue weighted by molar-refractivity contribution is -0.143. The Morgan fingerprint density at radius 3 is 2.78 bits per heavy atom. The number of thioether (sulfide) groups is 1. The van der Waals surface area contributed by atoms with Gasteiger partial charge in [0.2, 0.25) is 0 Å². The molecule has 0 unspecified atom stereocenters. The van der Waals surface area contributed by atoms with E-state index in [1.807, 2.05) is 0 Å². The van der Waals surface area contributed by atoms with Crippen molar-refractivity contribution in [3.8, 4) is 0 Å². The molecule has 1 saturated heterocycles. The van der Waals surface area contributed by atoms with Crippen molar-refractivity contribution in [2.24, 2.45) is 0 Å². The van der Waals surface area contributed by atoms with E-state index in [2.05, 4.69) is 0 Å². The fourth-order valence-electron chi connectivity index (χ4n) is 0.499. The zero-order valence-corrected chi connectivity index (χ0v) is 5.69. The van der Waals surface area contributed by atoms with E-state index < -0.39 is 5.97 Å². The van der Waals surface area contributed by atoms with Gasteiger partial charge in [-0.3, -0.25) is 0 Å². The van der Waals surface area contributed by atoms with Crippen LogP contribution in [0.25, 0.3) is 0 Å². The summed E-state index contributed by atoms with van der Waals surface area (Å²) >= 11 is 1.78. The van der Waals surface area contributed by atoms with Gasteiger partial charge < -0.3 is 9.84 Å². The van der Waals surface area contributed by atoms with E-state index in [9.17, 15) is 4.79 Å². The molecule has 0 saturated carbocycles. The van der Waals surface area contributed by atoms with Crippen molar-refractivity contribution in [2.75, 3.05) is 18.1 Å². The summed E-state index contributed by atoms with van der Waals surface area (Å²) in [5, 5.41) is 8.15. The summed E-state index contributed by atoms with van der Waals surface area (Å²) in [5.41, 5.74) is 0. The van der Waals surface area contributed by atoms with Crippen LogP contribution < -0.4 is 0 Å². The summed E-state index contributed by atoms with van der Waals surface area (Å²) in [6.45, 7) is -0.148. The van der Waals surface area contributed by atoms with Gasteiger partial charge in [-0.15, -0.1) is 0 Å². The molecule has 1 rings (SSSR count). The molecular formula is C5H8O3S. The Hall–Kier alpha value is -0.220. The summed E-state index contributed by atoms with van der Waals surface area (Å²) in [6, 6.07) is 0. The van der Waals surface area contributed by atoms with E-state index >= 15 is 0 Å². The normalized spacial score (nSPS) is 19.1. The third-order valence-electron chi connectivity index (χ3n) is 1.05. The lowest BCUT2D eigenvalue weighted by Crippen LogP contribution is -2.30. The zero-order valence-electron chi connectivity index (χ0n) is 4.87. The quantitative estimate of drug-likeness (QED) is 0.621. The minimum atomic E-state index is -0.882. The number of rotatable bonds is 3. The van der Waals surface area contributed by atoms with Crippen LogP contribution in [0.4, 0.5) is 0 Å². The summed E-state index contributed by atoms with van der Waals surface area (Å²) in [5.74, 6) is 1.02. The first-order chi connectivity index (χ1) is 4.29. The van der Waals surface area contributed by atoms with Crippen LogP contribution in [-0.2, 0) is 9.53 Å². The van der Waals surface area contributed by atoms with Crippen LogP contribution in [0.15, 0.2) is 0 Å². The van der Waals surface area contributed by atoms with Gasteiger partial charge in [-0.25, -0.2) is 4.79 Å². The van der Waals surface area contributed by atoms with E-state index in [0.717, 1.165) is 11.5 Å². The van der Waals surface area contributed by atoms with Crippen LogP contribution in [0.5, 0.6) is 0 Å². The highest BCUT2D eigenvalue weighted by Gasteiger charge is 2.19. The molecular weight excluding hydrogens is 140 g/mol. The second-order valence-electron chi connectivity index (χ2n) is 1.86. The number of aliphatic carboxylic acids is 1. The Kier molecular flexibility index (Phi) is 2.36. The molecule has 0 aromatic rings. The van der Waals surface area contributed by atoms with E-state index in [-0.39, 0.29) is 12.7 Å². The molecule has 1 aliphatic heterocycles. The predicted molar refractivity (Wildman–Crippen MR) is 34.7 cm³/mol. The average Bonchev–Trinajstić information content (AvgIpc) is 1.60. The standard InChI is InChI=1S/C5H8O3S/c6-5(7)1-8-4-2-9-3-4/h4H,1-3H2,(H,6,7). The highest BCUT2D eigenvalue weighted by molar-refractivity contribution is 8.00. The van der Waals surface area contributed by atoms with Crippen molar-refractivity contribution in [2.45, 2.75) is 6.10 Å². The monoisotopic (exact) mass is 148 g/mol. The number of carboxylic acid groups (broad SMARTS) is 1. The van der Waals surface area contributed by atoms with E-state index in [1.165, 1.54) is 0 Å². The Labute approximate surface area is 57.4 Å². The Morgan fingerprint density at radius 1 is 1.78 bits per heavy atom. The van der Waals surface area contributed by atoms with E-state index in [0.29, 0.717) is 0 Å². The minimum absolute atomic E-state index is 0.148. The fraction of sp³-hybridized carbons (Fsp3) is 0.800. The predicted octanol–water partition coefficient (Wildman–Crippen LogP) is 0.203. The molecule has 1 N–H and O–H groups in total. The summed E-state index contributed by atoms with van der Waals surface area (Å²) < 4.78 is 4.92. The SMILES string of the molecule is O=C(O)COC1CSC1. The molecule has 1 heterocycles. The van der Waals surface area contributed by atoms with Crippen molar-refractivity contribution < 1.29 is 14.6 Å². The Morgan fingerprint density at radius 2 is 2.44 bits per heavy atom. The topological polar surface area (TPSA) is 46.5 Å². The lowest BCUT2D eigenvalue weighted by Gasteiger charge is -2.23.